The predicted octanol–water partition coefficient (Wildman–Crippen LogP) is 2.38. The van der Waals surface area contributed by atoms with Crippen LogP contribution in [0, 0.1) is 0 Å². The minimum atomic E-state index is -3.93. The smallest absolute Gasteiger partial charge is 0.349 e. The molecule has 9 heteroatoms. The van der Waals surface area contributed by atoms with Crippen molar-refractivity contribution >= 4 is 44.6 Å². The first-order valence-electron chi connectivity index (χ1n) is 5.24. The second-order valence-corrected chi connectivity index (χ2v) is 6.91. The van der Waals surface area contributed by atoms with Crippen LogP contribution in [-0.4, -0.2) is 26.5 Å². The Hall–Kier alpha value is -1.64. The van der Waals surface area contributed by atoms with E-state index >= 15 is 0 Å². The number of nitrogens with zero attached hydrogens (tertiary/aromatic N) is 1. The van der Waals surface area contributed by atoms with Gasteiger partial charge < -0.3 is 4.74 Å². The summed E-state index contributed by atoms with van der Waals surface area (Å²) in [4.78, 5) is 15.1. The summed E-state index contributed by atoms with van der Waals surface area (Å²) >= 11 is 6.63. The number of carbonyl (C=O) groups excluding carboxylic acids is 1. The lowest BCUT2D eigenvalue weighted by Crippen LogP contribution is -2.15. The van der Waals surface area contributed by atoms with Crippen LogP contribution in [0.1, 0.15) is 9.67 Å². The van der Waals surface area contributed by atoms with Crippen molar-refractivity contribution in [3.8, 4) is 0 Å². The summed E-state index contributed by atoms with van der Waals surface area (Å²) in [7, 11) is -2.76. The molecule has 1 N–H and O–H groups in total. The summed E-state index contributed by atoms with van der Waals surface area (Å²) < 4.78 is 31.6. The average molecular weight is 333 g/mol. The number of hydrogen-bond acceptors (Lipinski definition) is 6. The molecule has 0 aliphatic heterocycles. The standard InChI is InChI=1S/C11H9ClN2O4S2/c1-18-11(15)10-8(6-9(12)19-10)20(16,17)14-7-2-4-13-5-3-7/h2-6H,1H3,(H,13,14). The van der Waals surface area contributed by atoms with Gasteiger partial charge in [-0.05, 0) is 18.2 Å². The summed E-state index contributed by atoms with van der Waals surface area (Å²) in [6, 6.07) is 4.19. The summed E-state index contributed by atoms with van der Waals surface area (Å²) in [6.45, 7) is 0. The van der Waals surface area contributed by atoms with E-state index in [4.69, 9.17) is 11.6 Å². The number of hydrogen-bond donors (Lipinski definition) is 1. The Labute approximate surface area is 124 Å². The minimum absolute atomic E-state index is 0.0703. The lowest BCUT2D eigenvalue weighted by molar-refractivity contribution is 0.0602. The highest BCUT2D eigenvalue weighted by Crippen LogP contribution is 2.31. The molecule has 2 heterocycles. The topological polar surface area (TPSA) is 85.4 Å². The Morgan fingerprint density at radius 1 is 1.40 bits per heavy atom. The molecular weight excluding hydrogens is 324 g/mol. The molecule has 0 saturated heterocycles. The molecule has 0 radical (unpaired) electrons. The van der Waals surface area contributed by atoms with Gasteiger partial charge in [-0.2, -0.15) is 0 Å². The first kappa shape index (κ1) is 14.8. The number of rotatable bonds is 4. The monoisotopic (exact) mass is 332 g/mol. The zero-order chi connectivity index (χ0) is 14.8. The summed E-state index contributed by atoms with van der Waals surface area (Å²) in [5, 5.41) is 0. The van der Waals surface area contributed by atoms with Gasteiger partial charge in [-0.15, -0.1) is 11.3 Å². The van der Waals surface area contributed by atoms with E-state index in [1.807, 2.05) is 0 Å². The van der Waals surface area contributed by atoms with Gasteiger partial charge in [0.1, 0.15) is 9.77 Å². The lowest BCUT2D eigenvalue weighted by atomic mass is 10.4. The van der Waals surface area contributed by atoms with Crippen molar-refractivity contribution < 1.29 is 17.9 Å². The van der Waals surface area contributed by atoms with Crippen LogP contribution in [0.15, 0.2) is 35.5 Å². The quantitative estimate of drug-likeness (QED) is 0.869. The zero-order valence-electron chi connectivity index (χ0n) is 10.2. The maximum absolute atomic E-state index is 12.3. The van der Waals surface area contributed by atoms with Gasteiger partial charge in [0.05, 0.1) is 17.1 Å². The number of halogens is 1. The molecule has 0 saturated carbocycles. The maximum Gasteiger partial charge on any atom is 0.349 e. The van der Waals surface area contributed by atoms with Gasteiger partial charge in [-0.3, -0.25) is 9.71 Å². The fraction of sp³-hybridized carbons (Fsp3) is 0.0909. The molecule has 0 atom stereocenters. The number of nitrogens with one attached hydrogen (secondary N) is 1. The highest BCUT2D eigenvalue weighted by molar-refractivity contribution is 7.93. The first-order valence-corrected chi connectivity index (χ1v) is 7.92. The van der Waals surface area contributed by atoms with Crippen LogP contribution < -0.4 is 4.72 Å². The number of thiophene rings is 1. The number of anilines is 1. The van der Waals surface area contributed by atoms with Gasteiger partial charge in [-0.25, -0.2) is 13.2 Å². The molecule has 0 aromatic carbocycles. The number of ether oxygens (including phenoxy) is 1. The molecule has 0 spiro atoms. The molecule has 0 unspecified atom stereocenters. The Morgan fingerprint density at radius 2 is 2.05 bits per heavy atom. The summed E-state index contributed by atoms with van der Waals surface area (Å²) in [5.74, 6) is -0.753. The number of carbonyl (C=O) groups is 1. The molecule has 2 aromatic rings. The number of esters is 1. The second-order valence-electron chi connectivity index (χ2n) is 3.58. The van der Waals surface area contributed by atoms with Crippen LogP contribution in [-0.2, 0) is 14.8 Å². The molecule has 0 amide bonds. The van der Waals surface area contributed by atoms with Crippen LogP contribution >= 0.6 is 22.9 Å². The van der Waals surface area contributed by atoms with E-state index in [2.05, 4.69) is 14.4 Å². The molecule has 106 valence electrons. The number of aromatic nitrogens is 1. The van der Waals surface area contributed by atoms with E-state index in [-0.39, 0.29) is 14.1 Å². The summed E-state index contributed by atoms with van der Waals surface area (Å²) in [6.07, 6.45) is 2.89. The van der Waals surface area contributed by atoms with Crippen molar-refractivity contribution in [1.29, 1.82) is 0 Å². The van der Waals surface area contributed by atoms with Gasteiger partial charge in [0.25, 0.3) is 10.0 Å². The molecule has 20 heavy (non-hydrogen) atoms. The molecule has 2 aromatic heterocycles. The van der Waals surface area contributed by atoms with Crippen LogP contribution in [0.25, 0.3) is 0 Å². The van der Waals surface area contributed by atoms with Crippen LogP contribution in [0.4, 0.5) is 5.69 Å². The number of sulfonamides is 1. The van der Waals surface area contributed by atoms with E-state index in [0.29, 0.717) is 5.69 Å². The highest BCUT2D eigenvalue weighted by atomic mass is 35.5. The van der Waals surface area contributed by atoms with Crippen molar-refractivity contribution in [2.75, 3.05) is 11.8 Å². The van der Waals surface area contributed by atoms with E-state index in [1.165, 1.54) is 37.7 Å². The first-order chi connectivity index (χ1) is 9.44. The van der Waals surface area contributed by atoms with Crippen molar-refractivity contribution in [2.45, 2.75) is 4.90 Å². The molecule has 6 nitrogen and oxygen atoms in total. The van der Waals surface area contributed by atoms with Gasteiger partial charge >= 0.3 is 5.97 Å². The fourth-order valence-corrected chi connectivity index (χ4v) is 4.20. The van der Waals surface area contributed by atoms with Crippen molar-refractivity contribution in [1.82, 2.24) is 4.98 Å². The zero-order valence-corrected chi connectivity index (χ0v) is 12.6. The highest BCUT2D eigenvalue weighted by Gasteiger charge is 2.26. The van der Waals surface area contributed by atoms with Crippen LogP contribution in [0.5, 0.6) is 0 Å². The van der Waals surface area contributed by atoms with E-state index < -0.39 is 16.0 Å². The third-order valence-electron chi connectivity index (χ3n) is 2.26. The third-order valence-corrected chi connectivity index (χ3v) is 5.04. The maximum atomic E-state index is 12.3. The Bertz CT molecular complexity index is 728. The van der Waals surface area contributed by atoms with Gasteiger partial charge in [0.2, 0.25) is 0 Å². The summed E-state index contributed by atoms with van der Waals surface area (Å²) in [5.41, 5.74) is 0.332. The molecule has 0 aliphatic rings. The molecule has 0 aliphatic carbocycles. The van der Waals surface area contributed by atoms with Crippen molar-refractivity contribution in [3.63, 3.8) is 0 Å². The number of pyridine rings is 1. The van der Waals surface area contributed by atoms with E-state index in [0.717, 1.165) is 11.3 Å². The SMILES string of the molecule is COC(=O)c1sc(Cl)cc1S(=O)(=O)Nc1ccncc1. The van der Waals surface area contributed by atoms with Gasteiger partial charge in [0.15, 0.2) is 0 Å². The second kappa shape index (κ2) is 5.78. The van der Waals surface area contributed by atoms with Crippen LogP contribution in [0.2, 0.25) is 4.34 Å². The van der Waals surface area contributed by atoms with E-state index in [9.17, 15) is 13.2 Å². The van der Waals surface area contributed by atoms with Gasteiger partial charge in [0, 0.05) is 12.4 Å². The normalized spacial score (nSPS) is 11.1. The molecule has 0 fully saturated rings. The van der Waals surface area contributed by atoms with E-state index in [1.54, 1.807) is 0 Å². The largest absolute Gasteiger partial charge is 0.465 e. The molecular formula is C11H9ClN2O4S2. The Balaban J connectivity index is 2.42. The van der Waals surface area contributed by atoms with Crippen LogP contribution in [0.3, 0.4) is 0 Å². The Morgan fingerprint density at radius 3 is 2.65 bits per heavy atom. The third kappa shape index (κ3) is 3.09. The molecule has 2 rings (SSSR count). The lowest BCUT2D eigenvalue weighted by Gasteiger charge is -2.07. The predicted molar refractivity (Wildman–Crippen MR) is 75.7 cm³/mol. The average Bonchev–Trinajstić information content (AvgIpc) is 2.81. The minimum Gasteiger partial charge on any atom is -0.465 e. The van der Waals surface area contributed by atoms with Crippen molar-refractivity contribution in [2.24, 2.45) is 0 Å². The fourth-order valence-electron chi connectivity index (χ4n) is 1.41. The Kier molecular flexibility index (Phi) is 4.26. The van der Waals surface area contributed by atoms with Gasteiger partial charge in [-0.1, -0.05) is 11.6 Å². The number of methoxy groups -OCH3 is 1. The van der Waals surface area contributed by atoms with Crippen molar-refractivity contribution in [3.05, 3.63) is 39.8 Å². The molecule has 0 bridgehead atoms.